The Bertz CT molecular complexity index is 1210. The van der Waals surface area contributed by atoms with E-state index in [4.69, 9.17) is 11.6 Å². The van der Waals surface area contributed by atoms with Crippen molar-refractivity contribution in [3.05, 3.63) is 86.3 Å². The van der Waals surface area contributed by atoms with Gasteiger partial charge in [0.1, 0.15) is 5.69 Å². The Hall–Kier alpha value is -3.14. The molecule has 1 aliphatic rings. The number of carbonyl (C=O) groups excluding carboxylic acids is 2. The third kappa shape index (κ3) is 6.01. The molecule has 0 spiro atoms. The van der Waals surface area contributed by atoms with Crippen molar-refractivity contribution in [2.75, 3.05) is 13.1 Å². The summed E-state index contributed by atoms with van der Waals surface area (Å²) >= 11 is 7.66. The smallest absolute Gasteiger partial charge is 0.298 e. The van der Waals surface area contributed by atoms with Crippen molar-refractivity contribution in [3.8, 4) is 11.8 Å². The second-order valence-electron chi connectivity index (χ2n) is 8.02. The van der Waals surface area contributed by atoms with Crippen molar-refractivity contribution in [2.45, 2.75) is 32.2 Å². The molecule has 1 aliphatic heterocycles. The number of benzene rings is 2. The highest BCUT2D eigenvalue weighted by molar-refractivity contribution is 7.09. The van der Waals surface area contributed by atoms with Gasteiger partial charge in [0.25, 0.3) is 11.8 Å². The Kier molecular flexibility index (Phi) is 7.43. The van der Waals surface area contributed by atoms with Gasteiger partial charge in [-0.15, -0.1) is 11.3 Å². The molecule has 1 N–H and O–H groups in total. The number of likely N-dealkylation sites (tertiary alicyclic amines) is 1. The van der Waals surface area contributed by atoms with Gasteiger partial charge in [-0.05, 0) is 49.1 Å². The number of nitrogens with zero attached hydrogens (tertiary/aromatic N) is 2. The predicted molar refractivity (Wildman–Crippen MR) is 131 cm³/mol. The summed E-state index contributed by atoms with van der Waals surface area (Å²) in [5, 5.41) is 6.34. The van der Waals surface area contributed by atoms with Crippen LogP contribution in [-0.4, -0.2) is 34.8 Å². The fourth-order valence-corrected chi connectivity index (χ4v) is 4.83. The summed E-state index contributed by atoms with van der Waals surface area (Å²) in [6, 6.07) is 15.3. The summed E-state index contributed by atoms with van der Waals surface area (Å²) in [7, 11) is 0. The third-order valence-electron chi connectivity index (χ3n) is 5.66. The lowest BCUT2D eigenvalue weighted by molar-refractivity contribution is -0.126. The molecule has 0 aliphatic carbocycles. The average molecular weight is 478 g/mol. The van der Waals surface area contributed by atoms with Gasteiger partial charge in [0, 0.05) is 47.4 Å². The van der Waals surface area contributed by atoms with Gasteiger partial charge in [-0.1, -0.05) is 47.9 Å². The van der Waals surface area contributed by atoms with Gasteiger partial charge >= 0.3 is 0 Å². The molecular formula is C26H24ClN3O2S. The number of halogens is 1. The van der Waals surface area contributed by atoms with Crippen LogP contribution in [0.1, 0.15) is 50.9 Å². The van der Waals surface area contributed by atoms with Gasteiger partial charge in [0.2, 0.25) is 0 Å². The normalized spacial score (nSPS) is 13.8. The zero-order valence-electron chi connectivity index (χ0n) is 18.3. The molecule has 0 unspecified atom stereocenters. The highest BCUT2D eigenvalue weighted by Crippen LogP contribution is 2.30. The first-order chi connectivity index (χ1) is 16.0. The van der Waals surface area contributed by atoms with E-state index < -0.39 is 0 Å². The van der Waals surface area contributed by atoms with E-state index in [1.807, 2.05) is 55.5 Å². The number of nitrogens with one attached hydrogen (secondary N) is 1. The van der Waals surface area contributed by atoms with Crippen molar-refractivity contribution < 1.29 is 9.59 Å². The fraction of sp³-hybridized carbons (Fsp3) is 0.269. The summed E-state index contributed by atoms with van der Waals surface area (Å²) in [6.45, 7) is 3.63. The molecule has 5 nitrogen and oxygen atoms in total. The second kappa shape index (κ2) is 10.7. The highest BCUT2D eigenvalue weighted by atomic mass is 35.5. The molecule has 7 heteroatoms. The molecule has 2 amide bonds. The molecule has 2 heterocycles. The van der Waals surface area contributed by atoms with E-state index in [9.17, 15) is 9.59 Å². The Morgan fingerprint density at radius 1 is 1.18 bits per heavy atom. The quantitative estimate of drug-likeness (QED) is 0.549. The number of aryl methyl sites for hydroxylation is 1. The van der Waals surface area contributed by atoms with E-state index in [2.05, 4.69) is 22.1 Å². The minimum Gasteiger partial charge on any atom is -0.347 e. The van der Waals surface area contributed by atoms with E-state index in [1.165, 1.54) is 11.3 Å². The van der Waals surface area contributed by atoms with Crippen LogP contribution < -0.4 is 5.32 Å². The van der Waals surface area contributed by atoms with Crippen LogP contribution in [0.3, 0.4) is 0 Å². The standard InChI is InChI=1S/C26H24ClN3O2S/c1-18-7-8-20(15-22(18)27)16-28-25(32)23-17-33-26(29-23)21-11-13-30(14-12-21)24(31)10-9-19-5-3-2-4-6-19/h2-8,15,17,21H,11-14,16H2,1H3,(H,28,32). The molecule has 0 radical (unpaired) electrons. The van der Waals surface area contributed by atoms with Crippen LogP contribution in [0.4, 0.5) is 0 Å². The number of rotatable bonds is 4. The minimum atomic E-state index is -0.196. The van der Waals surface area contributed by atoms with Gasteiger partial charge < -0.3 is 10.2 Å². The number of hydrogen-bond donors (Lipinski definition) is 1. The van der Waals surface area contributed by atoms with Gasteiger partial charge in [-0.2, -0.15) is 0 Å². The first-order valence-corrected chi connectivity index (χ1v) is 12.1. The lowest BCUT2D eigenvalue weighted by Crippen LogP contribution is -2.37. The molecule has 4 rings (SSSR count). The first-order valence-electron chi connectivity index (χ1n) is 10.8. The van der Waals surface area contributed by atoms with E-state index in [0.717, 1.165) is 34.5 Å². The predicted octanol–water partition coefficient (Wildman–Crippen LogP) is 4.79. The number of carbonyl (C=O) groups is 2. The topological polar surface area (TPSA) is 62.3 Å². The minimum absolute atomic E-state index is 0.146. The number of amides is 2. The molecule has 1 saturated heterocycles. The van der Waals surface area contributed by atoms with Crippen molar-refractivity contribution in [1.29, 1.82) is 0 Å². The monoisotopic (exact) mass is 477 g/mol. The Morgan fingerprint density at radius 3 is 2.67 bits per heavy atom. The van der Waals surface area contributed by atoms with Crippen LogP contribution in [0, 0.1) is 18.8 Å². The van der Waals surface area contributed by atoms with E-state index in [1.54, 1.807) is 10.3 Å². The Labute approximate surface area is 202 Å². The van der Waals surface area contributed by atoms with Crippen molar-refractivity contribution in [1.82, 2.24) is 15.2 Å². The van der Waals surface area contributed by atoms with Crippen LogP contribution in [-0.2, 0) is 11.3 Å². The summed E-state index contributed by atoms with van der Waals surface area (Å²) in [5.41, 5.74) is 3.22. The number of piperidine rings is 1. The lowest BCUT2D eigenvalue weighted by atomic mass is 9.97. The van der Waals surface area contributed by atoms with Gasteiger partial charge in [-0.3, -0.25) is 9.59 Å². The maximum absolute atomic E-state index is 12.5. The van der Waals surface area contributed by atoms with Crippen LogP contribution in [0.25, 0.3) is 0 Å². The lowest BCUT2D eigenvalue weighted by Gasteiger charge is -2.29. The second-order valence-corrected chi connectivity index (χ2v) is 9.32. The first kappa shape index (κ1) is 23.0. The number of aromatic nitrogens is 1. The molecule has 1 fully saturated rings. The zero-order chi connectivity index (χ0) is 23.2. The Morgan fingerprint density at radius 2 is 1.94 bits per heavy atom. The number of thiazole rings is 1. The summed E-state index contributed by atoms with van der Waals surface area (Å²) < 4.78 is 0. The van der Waals surface area contributed by atoms with Crippen LogP contribution >= 0.6 is 22.9 Å². The molecule has 3 aromatic rings. The van der Waals surface area contributed by atoms with E-state index in [-0.39, 0.29) is 17.7 Å². The van der Waals surface area contributed by atoms with Crippen molar-refractivity contribution in [3.63, 3.8) is 0 Å². The van der Waals surface area contributed by atoms with Crippen LogP contribution in [0.5, 0.6) is 0 Å². The molecule has 168 valence electrons. The summed E-state index contributed by atoms with van der Waals surface area (Å²) in [5.74, 6) is 5.57. The molecular weight excluding hydrogens is 454 g/mol. The highest BCUT2D eigenvalue weighted by Gasteiger charge is 2.25. The zero-order valence-corrected chi connectivity index (χ0v) is 19.9. The summed E-state index contributed by atoms with van der Waals surface area (Å²) in [4.78, 5) is 31.3. The van der Waals surface area contributed by atoms with Crippen LogP contribution in [0.15, 0.2) is 53.9 Å². The van der Waals surface area contributed by atoms with Gasteiger partial charge in [-0.25, -0.2) is 4.98 Å². The van der Waals surface area contributed by atoms with Crippen molar-refractivity contribution in [2.24, 2.45) is 0 Å². The van der Waals surface area contributed by atoms with E-state index in [0.29, 0.717) is 30.4 Å². The van der Waals surface area contributed by atoms with E-state index >= 15 is 0 Å². The molecule has 33 heavy (non-hydrogen) atoms. The van der Waals surface area contributed by atoms with Crippen molar-refractivity contribution >= 4 is 34.8 Å². The van der Waals surface area contributed by atoms with Crippen LogP contribution in [0.2, 0.25) is 5.02 Å². The largest absolute Gasteiger partial charge is 0.347 e. The molecule has 1 aromatic heterocycles. The maximum atomic E-state index is 12.5. The molecule has 0 saturated carbocycles. The third-order valence-corrected chi connectivity index (χ3v) is 7.08. The SMILES string of the molecule is Cc1ccc(CNC(=O)c2csc(C3CCN(C(=O)C#Cc4ccccc4)CC3)n2)cc1Cl. The Balaban J connectivity index is 1.28. The van der Waals surface area contributed by atoms with Gasteiger partial charge in [0.15, 0.2) is 0 Å². The molecule has 0 bridgehead atoms. The number of hydrogen-bond acceptors (Lipinski definition) is 4. The summed E-state index contributed by atoms with van der Waals surface area (Å²) in [6.07, 6.45) is 1.63. The van der Waals surface area contributed by atoms with Gasteiger partial charge in [0.05, 0.1) is 5.01 Å². The molecule has 2 aromatic carbocycles. The maximum Gasteiger partial charge on any atom is 0.298 e. The molecule has 0 atom stereocenters. The average Bonchev–Trinajstić information content (AvgIpc) is 3.34. The fourth-order valence-electron chi connectivity index (χ4n) is 3.65.